The summed E-state index contributed by atoms with van der Waals surface area (Å²) in [6, 6.07) is 15.7. The van der Waals surface area contributed by atoms with Crippen molar-refractivity contribution in [3.05, 3.63) is 70.9 Å². The van der Waals surface area contributed by atoms with Gasteiger partial charge in [0.15, 0.2) is 0 Å². The Balaban J connectivity index is 1.54. The highest BCUT2D eigenvalue weighted by molar-refractivity contribution is 6.01. The van der Waals surface area contributed by atoms with Crippen molar-refractivity contribution < 1.29 is 9.53 Å². The Hall–Kier alpha value is -3.41. The van der Waals surface area contributed by atoms with E-state index >= 15 is 0 Å². The number of hydrogen-bond acceptors (Lipinski definition) is 4. The average Bonchev–Trinajstić information content (AvgIpc) is 3.16. The zero-order chi connectivity index (χ0) is 18.8. The number of aromatic nitrogens is 2. The number of H-pyrrole nitrogens is 1. The van der Waals surface area contributed by atoms with Gasteiger partial charge in [-0.15, -0.1) is 0 Å². The van der Waals surface area contributed by atoms with Crippen molar-refractivity contribution in [1.29, 1.82) is 0 Å². The number of carbonyl (C=O) groups excluding carboxylic acids is 1. The molecular weight excluding hydrogens is 340 g/mol. The maximum Gasteiger partial charge on any atom is 0.289 e. The van der Waals surface area contributed by atoms with E-state index < -0.39 is 0 Å². The zero-order valence-electron chi connectivity index (χ0n) is 15.2. The largest absolute Gasteiger partial charge is 0.497 e. The van der Waals surface area contributed by atoms with E-state index in [1.807, 2.05) is 49.4 Å². The van der Waals surface area contributed by atoms with E-state index in [0.717, 1.165) is 41.0 Å². The van der Waals surface area contributed by atoms with Crippen molar-refractivity contribution in [1.82, 2.24) is 15.6 Å². The van der Waals surface area contributed by atoms with Crippen LogP contribution in [0.4, 0.5) is 0 Å². The summed E-state index contributed by atoms with van der Waals surface area (Å²) in [7, 11) is 1.62. The first-order valence-corrected chi connectivity index (χ1v) is 8.82. The number of hydrogen-bond donors (Lipinski definition) is 2. The molecule has 1 heterocycles. The molecule has 6 nitrogen and oxygen atoms in total. The Morgan fingerprint density at radius 3 is 2.70 bits per heavy atom. The van der Waals surface area contributed by atoms with E-state index in [9.17, 15) is 4.79 Å². The number of aryl methyl sites for hydroxylation is 1. The zero-order valence-corrected chi connectivity index (χ0v) is 15.2. The van der Waals surface area contributed by atoms with E-state index in [1.165, 1.54) is 5.56 Å². The molecule has 2 aromatic carbocycles. The normalized spacial score (nSPS) is 12.9. The number of aromatic amines is 1. The minimum absolute atomic E-state index is 0.281. The summed E-state index contributed by atoms with van der Waals surface area (Å²) in [5.41, 5.74) is 8.89. The van der Waals surface area contributed by atoms with Crippen LogP contribution in [-0.2, 0) is 12.8 Å². The number of benzene rings is 2. The molecule has 0 saturated heterocycles. The van der Waals surface area contributed by atoms with Gasteiger partial charge < -0.3 is 4.74 Å². The van der Waals surface area contributed by atoms with Gasteiger partial charge in [0, 0.05) is 11.1 Å². The number of ether oxygens (including phenoxy) is 1. The van der Waals surface area contributed by atoms with Crippen molar-refractivity contribution in [2.45, 2.75) is 19.8 Å². The summed E-state index contributed by atoms with van der Waals surface area (Å²) in [6.07, 6.45) is 1.68. The summed E-state index contributed by atoms with van der Waals surface area (Å²) in [5, 5.41) is 11.5. The fraction of sp³-hybridized carbons (Fsp3) is 0.190. The Morgan fingerprint density at radius 2 is 1.93 bits per heavy atom. The van der Waals surface area contributed by atoms with Crippen LogP contribution in [0, 0.1) is 0 Å². The molecule has 4 rings (SSSR count). The van der Waals surface area contributed by atoms with Crippen molar-refractivity contribution in [2.75, 3.05) is 7.11 Å². The minimum Gasteiger partial charge on any atom is -0.497 e. The van der Waals surface area contributed by atoms with Crippen molar-refractivity contribution >= 4 is 11.6 Å². The highest BCUT2D eigenvalue weighted by atomic mass is 16.5. The molecule has 2 N–H and O–H groups in total. The molecule has 0 saturated carbocycles. The fourth-order valence-corrected chi connectivity index (χ4v) is 3.34. The molecule has 6 heteroatoms. The molecule has 136 valence electrons. The summed E-state index contributed by atoms with van der Waals surface area (Å²) in [4.78, 5) is 12.6. The van der Waals surface area contributed by atoms with Gasteiger partial charge in [-0.3, -0.25) is 9.89 Å². The third-order valence-electron chi connectivity index (χ3n) is 4.84. The average molecular weight is 360 g/mol. The fourth-order valence-electron chi connectivity index (χ4n) is 3.34. The van der Waals surface area contributed by atoms with Crippen LogP contribution in [0.25, 0.3) is 11.3 Å². The minimum atomic E-state index is -0.281. The first kappa shape index (κ1) is 17.0. The molecule has 0 bridgehead atoms. The molecule has 0 spiro atoms. The van der Waals surface area contributed by atoms with Crippen molar-refractivity contribution in [3.8, 4) is 17.0 Å². The molecule has 0 fully saturated rings. The molecule has 1 aromatic heterocycles. The standard InChI is InChI=1S/C21H20N4O2/c1-13(14-7-10-16(27-2)11-8-14)22-25-21(26)20-18-12-9-15-5-3-4-6-17(15)19(18)23-24-20/h3-8,10-11H,9,12H2,1-2H3,(H,23,24)(H,25,26)/b22-13+. The summed E-state index contributed by atoms with van der Waals surface area (Å²) >= 11 is 0. The maximum absolute atomic E-state index is 12.6. The number of methoxy groups -OCH3 is 1. The van der Waals surface area contributed by atoms with Crippen LogP contribution in [-0.4, -0.2) is 28.9 Å². The molecule has 1 aliphatic rings. The van der Waals surface area contributed by atoms with Gasteiger partial charge in [-0.2, -0.15) is 10.2 Å². The third kappa shape index (κ3) is 3.21. The molecule has 1 amide bonds. The Labute approximate surface area is 157 Å². The van der Waals surface area contributed by atoms with Gasteiger partial charge in [0.05, 0.1) is 18.5 Å². The third-order valence-corrected chi connectivity index (χ3v) is 4.84. The lowest BCUT2D eigenvalue weighted by molar-refractivity contribution is 0.0949. The number of nitrogens with one attached hydrogen (secondary N) is 2. The van der Waals surface area contributed by atoms with E-state index in [1.54, 1.807) is 7.11 Å². The van der Waals surface area contributed by atoms with Crippen LogP contribution in [0.1, 0.15) is 34.1 Å². The smallest absolute Gasteiger partial charge is 0.289 e. The monoisotopic (exact) mass is 360 g/mol. The molecule has 27 heavy (non-hydrogen) atoms. The van der Waals surface area contributed by atoms with Crippen LogP contribution in [0.15, 0.2) is 53.6 Å². The van der Waals surface area contributed by atoms with Crippen molar-refractivity contribution in [2.24, 2.45) is 5.10 Å². The summed E-state index contributed by atoms with van der Waals surface area (Å²) < 4.78 is 5.15. The lowest BCUT2D eigenvalue weighted by atomic mass is 9.89. The van der Waals surface area contributed by atoms with Crippen molar-refractivity contribution in [3.63, 3.8) is 0 Å². The summed E-state index contributed by atoms with van der Waals surface area (Å²) in [6.45, 7) is 1.85. The highest BCUT2D eigenvalue weighted by Crippen LogP contribution is 2.33. The Morgan fingerprint density at radius 1 is 1.15 bits per heavy atom. The molecule has 0 radical (unpaired) electrons. The molecular formula is C21H20N4O2. The molecule has 3 aromatic rings. The quantitative estimate of drug-likeness (QED) is 0.553. The molecule has 1 aliphatic carbocycles. The van der Waals surface area contributed by atoms with Crippen LogP contribution in [0.2, 0.25) is 0 Å². The van der Waals surface area contributed by atoms with Crippen LogP contribution in [0.5, 0.6) is 5.75 Å². The Bertz CT molecular complexity index is 1020. The van der Waals surface area contributed by atoms with Gasteiger partial charge in [0.2, 0.25) is 0 Å². The number of nitrogens with zero attached hydrogens (tertiary/aromatic N) is 2. The molecule has 0 unspecified atom stereocenters. The van der Waals surface area contributed by atoms with Crippen LogP contribution >= 0.6 is 0 Å². The van der Waals surface area contributed by atoms with E-state index in [0.29, 0.717) is 11.4 Å². The number of amides is 1. The number of rotatable bonds is 4. The van der Waals surface area contributed by atoms with Crippen LogP contribution < -0.4 is 10.2 Å². The van der Waals surface area contributed by atoms with E-state index in [2.05, 4.69) is 26.8 Å². The number of fused-ring (bicyclic) bond motifs is 3. The highest BCUT2D eigenvalue weighted by Gasteiger charge is 2.24. The van der Waals surface area contributed by atoms with Crippen LogP contribution in [0.3, 0.4) is 0 Å². The predicted octanol–water partition coefficient (Wildman–Crippen LogP) is 3.34. The second-order valence-corrected chi connectivity index (χ2v) is 6.45. The van der Waals surface area contributed by atoms with Gasteiger partial charge in [-0.25, -0.2) is 5.43 Å². The first-order chi connectivity index (χ1) is 13.2. The van der Waals surface area contributed by atoms with Gasteiger partial charge in [-0.1, -0.05) is 24.3 Å². The molecule has 0 aliphatic heterocycles. The van der Waals surface area contributed by atoms with Gasteiger partial charge >= 0.3 is 0 Å². The number of hydrazone groups is 1. The maximum atomic E-state index is 12.6. The summed E-state index contributed by atoms with van der Waals surface area (Å²) in [5.74, 6) is 0.496. The van der Waals surface area contributed by atoms with E-state index in [4.69, 9.17) is 4.74 Å². The lowest BCUT2D eigenvalue weighted by Gasteiger charge is -2.15. The lowest BCUT2D eigenvalue weighted by Crippen LogP contribution is -2.21. The topological polar surface area (TPSA) is 79.4 Å². The molecule has 0 atom stereocenters. The SMILES string of the molecule is COc1ccc(/C(C)=N/NC(=O)c2[nH]nc3c2CCc2ccccc2-3)cc1. The van der Waals surface area contributed by atoms with Gasteiger partial charge in [0.25, 0.3) is 5.91 Å². The van der Waals surface area contributed by atoms with E-state index in [-0.39, 0.29) is 5.91 Å². The Kier molecular flexibility index (Phi) is 4.46. The van der Waals surface area contributed by atoms with Gasteiger partial charge in [0.1, 0.15) is 11.4 Å². The second-order valence-electron chi connectivity index (χ2n) is 6.45. The predicted molar refractivity (Wildman–Crippen MR) is 104 cm³/mol. The second kappa shape index (κ2) is 7.07. The number of carbonyl (C=O) groups is 1. The first-order valence-electron chi connectivity index (χ1n) is 8.82. The van der Waals surface area contributed by atoms with Gasteiger partial charge in [-0.05, 0) is 55.2 Å².